The van der Waals surface area contributed by atoms with Crippen molar-refractivity contribution in [1.29, 1.82) is 0 Å². The average Bonchev–Trinajstić information content (AvgIpc) is 2.57. The second kappa shape index (κ2) is 6.18. The van der Waals surface area contributed by atoms with Gasteiger partial charge in [0.1, 0.15) is 0 Å². The molecule has 1 aromatic rings. The van der Waals surface area contributed by atoms with Gasteiger partial charge in [0.15, 0.2) is 0 Å². The third kappa shape index (κ3) is 3.57. The Hall–Kier alpha value is -2.37. The number of nitrogens with one attached hydrogen (secondary N) is 2. The number of carboxylic acid groups (broad SMARTS) is 1. The molecule has 0 radical (unpaired) electrons. The quantitative estimate of drug-likeness (QED) is 0.769. The Morgan fingerprint density at radius 3 is 2.85 bits per heavy atom. The van der Waals surface area contributed by atoms with Crippen LogP contribution in [0.25, 0.3) is 0 Å². The number of carboxylic acids is 1. The minimum atomic E-state index is -0.949. The number of benzene rings is 1. The van der Waals surface area contributed by atoms with Gasteiger partial charge in [0.25, 0.3) is 5.91 Å². The van der Waals surface area contributed by atoms with Crippen molar-refractivity contribution in [2.24, 2.45) is 0 Å². The van der Waals surface area contributed by atoms with Gasteiger partial charge in [-0.15, -0.1) is 0 Å². The average molecular weight is 276 g/mol. The monoisotopic (exact) mass is 276 g/mol. The van der Waals surface area contributed by atoms with Gasteiger partial charge >= 0.3 is 5.97 Å². The van der Waals surface area contributed by atoms with Gasteiger partial charge in [-0.05, 0) is 36.6 Å². The van der Waals surface area contributed by atoms with E-state index >= 15 is 0 Å². The van der Waals surface area contributed by atoms with Crippen LogP contribution in [0.4, 0.5) is 5.69 Å². The molecule has 3 N–H and O–H groups in total. The molecule has 0 fully saturated rings. The smallest absolute Gasteiger partial charge is 0.305 e. The lowest BCUT2D eigenvalue weighted by Crippen LogP contribution is -2.26. The van der Waals surface area contributed by atoms with Crippen molar-refractivity contribution in [2.45, 2.75) is 25.7 Å². The van der Waals surface area contributed by atoms with Gasteiger partial charge in [-0.1, -0.05) is 0 Å². The maximum Gasteiger partial charge on any atom is 0.305 e. The first-order valence-electron chi connectivity index (χ1n) is 6.49. The standard InChI is InChI=1S/C14H16N2O4/c17-12-3-1-2-9-8-10(4-5-11(9)16-12)14(20)15-7-6-13(18)19/h4-5,8H,1-3,6-7H2,(H,15,20)(H,16,17)(H,18,19). The van der Waals surface area contributed by atoms with Gasteiger partial charge in [0, 0.05) is 24.2 Å². The highest BCUT2D eigenvalue weighted by Crippen LogP contribution is 2.23. The summed E-state index contributed by atoms with van der Waals surface area (Å²) in [4.78, 5) is 33.7. The fourth-order valence-electron chi connectivity index (χ4n) is 2.10. The van der Waals surface area contributed by atoms with E-state index in [2.05, 4.69) is 10.6 Å². The summed E-state index contributed by atoms with van der Waals surface area (Å²) in [5.74, 6) is -1.26. The lowest BCUT2D eigenvalue weighted by molar-refractivity contribution is -0.136. The zero-order chi connectivity index (χ0) is 14.5. The van der Waals surface area contributed by atoms with Gasteiger partial charge in [-0.3, -0.25) is 14.4 Å². The minimum Gasteiger partial charge on any atom is -0.481 e. The first-order chi connectivity index (χ1) is 9.56. The molecule has 1 aliphatic heterocycles. The van der Waals surface area contributed by atoms with Crippen molar-refractivity contribution in [1.82, 2.24) is 5.32 Å². The molecule has 20 heavy (non-hydrogen) atoms. The summed E-state index contributed by atoms with van der Waals surface area (Å²) < 4.78 is 0. The first kappa shape index (κ1) is 14.0. The third-order valence-electron chi connectivity index (χ3n) is 3.12. The number of anilines is 1. The number of rotatable bonds is 4. The van der Waals surface area contributed by atoms with Crippen molar-refractivity contribution in [2.75, 3.05) is 11.9 Å². The van der Waals surface area contributed by atoms with Crippen LogP contribution >= 0.6 is 0 Å². The van der Waals surface area contributed by atoms with Gasteiger partial charge in [-0.2, -0.15) is 0 Å². The van der Waals surface area contributed by atoms with Crippen molar-refractivity contribution in [3.05, 3.63) is 29.3 Å². The molecule has 0 saturated carbocycles. The number of aliphatic carboxylic acids is 1. The van der Waals surface area contributed by atoms with Crippen molar-refractivity contribution >= 4 is 23.5 Å². The highest BCUT2D eigenvalue weighted by molar-refractivity contribution is 5.97. The number of hydrogen-bond acceptors (Lipinski definition) is 3. The first-order valence-corrected chi connectivity index (χ1v) is 6.49. The minimum absolute atomic E-state index is 0.0117. The number of hydrogen-bond donors (Lipinski definition) is 3. The van der Waals surface area contributed by atoms with Crippen LogP contribution in [0.15, 0.2) is 18.2 Å². The summed E-state index contributed by atoms with van der Waals surface area (Å²) in [5.41, 5.74) is 2.15. The molecule has 0 saturated heterocycles. The number of carbonyl (C=O) groups is 3. The Kier molecular flexibility index (Phi) is 4.34. The largest absolute Gasteiger partial charge is 0.481 e. The lowest BCUT2D eigenvalue weighted by Gasteiger charge is -2.09. The summed E-state index contributed by atoms with van der Waals surface area (Å²) in [6.07, 6.45) is 1.87. The Labute approximate surface area is 116 Å². The molecule has 0 unspecified atom stereocenters. The number of fused-ring (bicyclic) bond motifs is 1. The summed E-state index contributed by atoms with van der Waals surface area (Å²) in [6, 6.07) is 5.09. The molecule has 0 aromatic heterocycles. The molecule has 106 valence electrons. The molecular formula is C14H16N2O4. The Balaban J connectivity index is 2.06. The molecule has 0 spiro atoms. The van der Waals surface area contributed by atoms with E-state index in [-0.39, 0.29) is 24.8 Å². The molecule has 0 aliphatic carbocycles. The maximum absolute atomic E-state index is 11.9. The topological polar surface area (TPSA) is 95.5 Å². The highest BCUT2D eigenvalue weighted by Gasteiger charge is 2.15. The second-order valence-corrected chi connectivity index (χ2v) is 4.67. The van der Waals surface area contributed by atoms with E-state index in [4.69, 9.17) is 5.11 Å². The van der Waals surface area contributed by atoms with Crippen molar-refractivity contribution in [3.63, 3.8) is 0 Å². The van der Waals surface area contributed by atoms with Crippen LogP contribution in [0.3, 0.4) is 0 Å². The Morgan fingerprint density at radius 2 is 2.10 bits per heavy atom. The Morgan fingerprint density at radius 1 is 1.30 bits per heavy atom. The zero-order valence-electron chi connectivity index (χ0n) is 10.9. The van der Waals surface area contributed by atoms with Crippen LogP contribution in [-0.4, -0.2) is 29.4 Å². The van der Waals surface area contributed by atoms with Crippen LogP contribution < -0.4 is 10.6 Å². The number of amides is 2. The lowest BCUT2D eigenvalue weighted by atomic mass is 10.0. The van der Waals surface area contributed by atoms with E-state index < -0.39 is 5.97 Å². The molecule has 6 nitrogen and oxygen atoms in total. The Bertz CT molecular complexity index is 554. The van der Waals surface area contributed by atoms with Crippen LogP contribution in [0.1, 0.15) is 35.2 Å². The van der Waals surface area contributed by atoms with Crippen LogP contribution in [0, 0.1) is 0 Å². The van der Waals surface area contributed by atoms with Gasteiger partial charge in [-0.25, -0.2) is 0 Å². The summed E-state index contributed by atoms with van der Waals surface area (Å²) in [7, 11) is 0. The van der Waals surface area contributed by atoms with Crippen LogP contribution in [0.5, 0.6) is 0 Å². The van der Waals surface area contributed by atoms with Gasteiger partial charge in [0.05, 0.1) is 6.42 Å². The molecule has 1 heterocycles. The van der Waals surface area contributed by atoms with Crippen LogP contribution in [0.2, 0.25) is 0 Å². The van der Waals surface area contributed by atoms with E-state index in [9.17, 15) is 14.4 Å². The fourth-order valence-corrected chi connectivity index (χ4v) is 2.10. The van der Waals surface area contributed by atoms with E-state index in [1.165, 1.54) is 0 Å². The van der Waals surface area contributed by atoms with E-state index in [1.807, 2.05) is 0 Å². The molecule has 6 heteroatoms. The molecule has 2 amide bonds. The highest BCUT2D eigenvalue weighted by atomic mass is 16.4. The molecule has 0 bridgehead atoms. The number of carbonyl (C=O) groups excluding carboxylic acids is 2. The van der Waals surface area contributed by atoms with Crippen LogP contribution in [-0.2, 0) is 16.0 Å². The van der Waals surface area contributed by atoms with E-state index in [1.54, 1.807) is 18.2 Å². The second-order valence-electron chi connectivity index (χ2n) is 4.67. The van der Waals surface area contributed by atoms with Gasteiger partial charge in [0.2, 0.25) is 5.91 Å². The SMILES string of the molecule is O=C(O)CCNC(=O)c1ccc2c(c1)CCCC(=O)N2. The van der Waals surface area contributed by atoms with E-state index in [0.717, 1.165) is 24.1 Å². The van der Waals surface area contributed by atoms with Crippen molar-refractivity contribution in [3.8, 4) is 0 Å². The molecular weight excluding hydrogens is 260 g/mol. The normalized spacial score (nSPS) is 13.9. The molecule has 2 rings (SSSR count). The predicted octanol–water partition coefficient (Wildman–Crippen LogP) is 1.17. The van der Waals surface area contributed by atoms with Crippen molar-refractivity contribution < 1.29 is 19.5 Å². The zero-order valence-corrected chi connectivity index (χ0v) is 10.9. The summed E-state index contributed by atoms with van der Waals surface area (Å²) >= 11 is 0. The predicted molar refractivity (Wildman–Crippen MR) is 72.6 cm³/mol. The summed E-state index contributed by atoms with van der Waals surface area (Å²) in [5, 5.41) is 13.9. The fraction of sp³-hybridized carbons (Fsp3) is 0.357. The number of aryl methyl sites for hydroxylation is 1. The molecule has 1 aromatic carbocycles. The third-order valence-corrected chi connectivity index (χ3v) is 3.12. The summed E-state index contributed by atoms with van der Waals surface area (Å²) in [6.45, 7) is 0.0992. The molecule has 1 aliphatic rings. The molecule has 0 atom stereocenters. The maximum atomic E-state index is 11.9. The van der Waals surface area contributed by atoms with Gasteiger partial charge < -0.3 is 15.7 Å². The van der Waals surface area contributed by atoms with E-state index in [0.29, 0.717) is 12.0 Å².